The first-order chi connectivity index (χ1) is 17.4. The van der Waals surface area contributed by atoms with Crippen LogP contribution in [-0.4, -0.2) is 100 Å². The Bertz CT molecular complexity index is 895. The maximum absolute atomic E-state index is 13.7. The molecule has 0 aromatic heterocycles. The number of hydrogen-bond donors (Lipinski definition) is 0. The predicted molar refractivity (Wildman–Crippen MR) is 141 cm³/mol. The highest BCUT2D eigenvalue weighted by molar-refractivity contribution is 5.87. The van der Waals surface area contributed by atoms with Crippen LogP contribution >= 0.6 is 0 Å². The smallest absolute Gasteiger partial charge is 0.311 e. The standard InChI is InChI=1S/C28H48N2O8/c1-11-26(4,21(31)29(7)8)17-28(6,24(34)38-15-20-13-36-20)18-27(5,22(32)30(9)10)16-25(2,3)23(33)37-14-19-12-35-19/h19-20H,11-18H2,1-10H3. The topological polar surface area (TPSA) is 118 Å². The molecule has 2 rings (SSSR count). The van der Waals surface area contributed by atoms with Crippen LogP contribution in [0.2, 0.25) is 0 Å². The Labute approximate surface area is 227 Å². The third kappa shape index (κ3) is 8.15. The highest BCUT2D eigenvalue weighted by Crippen LogP contribution is 2.49. The van der Waals surface area contributed by atoms with Gasteiger partial charge in [-0.15, -0.1) is 0 Å². The summed E-state index contributed by atoms with van der Waals surface area (Å²) in [6, 6.07) is 0. The van der Waals surface area contributed by atoms with Crippen molar-refractivity contribution in [2.24, 2.45) is 21.7 Å². The molecule has 0 bridgehead atoms. The minimum absolute atomic E-state index is 0.0704. The highest BCUT2D eigenvalue weighted by atomic mass is 16.6. The Morgan fingerprint density at radius 3 is 1.47 bits per heavy atom. The summed E-state index contributed by atoms with van der Waals surface area (Å²) in [5, 5.41) is 0. The number of nitrogens with zero attached hydrogens (tertiary/aromatic N) is 2. The maximum Gasteiger partial charge on any atom is 0.311 e. The van der Waals surface area contributed by atoms with Crippen LogP contribution in [0.15, 0.2) is 0 Å². The Balaban J connectivity index is 2.43. The van der Waals surface area contributed by atoms with Crippen LogP contribution < -0.4 is 0 Å². The van der Waals surface area contributed by atoms with Crippen LogP contribution in [-0.2, 0) is 38.1 Å². The van der Waals surface area contributed by atoms with Gasteiger partial charge in [0.15, 0.2) is 0 Å². The summed E-state index contributed by atoms with van der Waals surface area (Å²) in [7, 11) is 6.69. The van der Waals surface area contributed by atoms with Crippen molar-refractivity contribution in [3.05, 3.63) is 0 Å². The average Bonchev–Trinajstić information content (AvgIpc) is 3.74. The lowest BCUT2D eigenvalue weighted by Crippen LogP contribution is -2.50. The van der Waals surface area contributed by atoms with Crippen molar-refractivity contribution in [2.45, 2.75) is 79.4 Å². The zero-order valence-corrected chi connectivity index (χ0v) is 25.0. The van der Waals surface area contributed by atoms with Gasteiger partial charge in [-0.2, -0.15) is 0 Å². The molecule has 0 aromatic carbocycles. The van der Waals surface area contributed by atoms with Gasteiger partial charge >= 0.3 is 11.9 Å². The number of amides is 2. The van der Waals surface area contributed by atoms with E-state index in [4.69, 9.17) is 18.9 Å². The van der Waals surface area contributed by atoms with Crippen molar-refractivity contribution < 1.29 is 38.1 Å². The molecular formula is C28H48N2O8. The van der Waals surface area contributed by atoms with E-state index >= 15 is 0 Å². The van der Waals surface area contributed by atoms with E-state index in [2.05, 4.69) is 0 Å². The van der Waals surface area contributed by atoms with Crippen molar-refractivity contribution in [2.75, 3.05) is 54.6 Å². The Morgan fingerprint density at radius 1 is 0.684 bits per heavy atom. The van der Waals surface area contributed by atoms with Crippen LogP contribution in [0.5, 0.6) is 0 Å². The molecular weight excluding hydrogens is 492 g/mol. The van der Waals surface area contributed by atoms with Crippen molar-refractivity contribution in [3.8, 4) is 0 Å². The van der Waals surface area contributed by atoms with Gasteiger partial charge in [-0.3, -0.25) is 19.2 Å². The quantitative estimate of drug-likeness (QED) is 0.230. The number of epoxide rings is 2. The second-order valence-electron chi connectivity index (χ2n) is 13.0. The summed E-state index contributed by atoms with van der Waals surface area (Å²) in [5.41, 5.74) is -4.22. The van der Waals surface area contributed by atoms with Crippen molar-refractivity contribution >= 4 is 23.8 Å². The Kier molecular flexibility index (Phi) is 10.0. The summed E-state index contributed by atoms with van der Waals surface area (Å²) in [4.78, 5) is 56.7. The molecule has 10 heteroatoms. The molecule has 0 aliphatic carbocycles. The van der Waals surface area contributed by atoms with Gasteiger partial charge in [-0.25, -0.2) is 0 Å². The molecule has 38 heavy (non-hydrogen) atoms. The zero-order chi connectivity index (χ0) is 29.1. The minimum atomic E-state index is -1.20. The molecule has 0 N–H and O–H groups in total. The Hall–Kier alpha value is -2.20. The van der Waals surface area contributed by atoms with Gasteiger partial charge in [0.25, 0.3) is 0 Å². The summed E-state index contributed by atoms with van der Waals surface area (Å²) < 4.78 is 21.5. The Morgan fingerprint density at radius 2 is 1.08 bits per heavy atom. The fraction of sp³-hybridized carbons (Fsp3) is 0.857. The molecule has 2 fully saturated rings. The van der Waals surface area contributed by atoms with Crippen LogP contribution in [0.1, 0.15) is 67.2 Å². The van der Waals surface area contributed by atoms with Gasteiger partial charge in [0.05, 0.1) is 24.0 Å². The van der Waals surface area contributed by atoms with Gasteiger partial charge in [0.1, 0.15) is 25.4 Å². The van der Waals surface area contributed by atoms with Gasteiger partial charge in [-0.1, -0.05) is 20.8 Å². The normalized spacial score (nSPS) is 23.2. The van der Waals surface area contributed by atoms with E-state index in [-0.39, 0.29) is 56.5 Å². The van der Waals surface area contributed by atoms with E-state index in [1.165, 1.54) is 9.80 Å². The summed E-state index contributed by atoms with van der Waals surface area (Å²) in [6.45, 7) is 12.2. The second-order valence-corrected chi connectivity index (χ2v) is 13.0. The molecule has 218 valence electrons. The van der Waals surface area contributed by atoms with Crippen LogP contribution in [0, 0.1) is 21.7 Å². The van der Waals surface area contributed by atoms with E-state index < -0.39 is 33.6 Å². The van der Waals surface area contributed by atoms with Crippen molar-refractivity contribution in [1.29, 1.82) is 0 Å². The van der Waals surface area contributed by atoms with Crippen LogP contribution in [0.25, 0.3) is 0 Å². The number of carbonyl (C=O) groups excluding carboxylic acids is 4. The maximum atomic E-state index is 13.7. The van der Waals surface area contributed by atoms with E-state index in [1.54, 1.807) is 55.9 Å². The monoisotopic (exact) mass is 540 g/mol. The SMILES string of the molecule is CCC(C)(CC(C)(CC(C)(CC(C)(C)C(=O)OCC1CO1)C(=O)N(C)C)C(=O)OCC1CO1)C(=O)N(C)C. The average molecular weight is 541 g/mol. The summed E-state index contributed by atoms with van der Waals surface area (Å²) in [5.74, 6) is -1.23. The first-order valence-corrected chi connectivity index (χ1v) is 13.4. The van der Waals surface area contributed by atoms with Crippen LogP contribution in [0.4, 0.5) is 0 Å². The van der Waals surface area contributed by atoms with Gasteiger partial charge in [0.2, 0.25) is 11.8 Å². The molecule has 5 atom stereocenters. The zero-order valence-electron chi connectivity index (χ0n) is 25.0. The molecule has 2 amide bonds. The first kappa shape index (κ1) is 32.0. The predicted octanol–water partition coefficient (Wildman–Crippen LogP) is 2.67. The number of ether oxygens (including phenoxy) is 4. The number of rotatable bonds is 15. The fourth-order valence-corrected chi connectivity index (χ4v) is 5.66. The summed E-state index contributed by atoms with van der Waals surface area (Å²) in [6.07, 6.45) is 0.707. The molecule has 0 saturated carbocycles. The largest absolute Gasteiger partial charge is 0.462 e. The first-order valence-electron chi connectivity index (χ1n) is 13.4. The fourth-order valence-electron chi connectivity index (χ4n) is 5.66. The summed E-state index contributed by atoms with van der Waals surface area (Å²) >= 11 is 0. The van der Waals surface area contributed by atoms with Gasteiger partial charge < -0.3 is 28.7 Å². The lowest BCUT2D eigenvalue weighted by Gasteiger charge is -2.44. The van der Waals surface area contributed by atoms with Gasteiger partial charge in [0, 0.05) is 39.0 Å². The lowest BCUT2D eigenvalue weighted by atomic mass is 9.61. The van der Waals surface area contributed by atoms with Crippen molar-refractivity contribution in [1.82, 2.24) is 9.80 Å². The number of carbonyl (C=O) groups is 4. The molecule has 2 heterocycles. The van der Waals surface area contributed by atoms with E-state index in [0.717, 1.165) is 0 Å². The number of esters is 2. The molecule has 5 unspecified atom stereocenters. The molecule has 2 saturated heterocycles. The lowest BCUT2D eigenvalue weighted by molar-refractivity contribution is -0.166. The molecule has 0 radical (unpaired) electrons. The van der Waals surface area contributed by atoms with Crippen molar-refractivity contribution in [3.63, 3.8) is 0 Å². The third-order valence-corrected chi connectivity index (χ3v) is 7.67. The van der Waals surface area contributed by atoms with Crippen LogP contribution in [0.3, 0.4) is 0 Å². The molecule has 2 aliphatic rings. The van der Waals surface area contributed by atoms with E-state index in [9.17, 15) is 19.2 Å². The molecule has 10 nitrogen and oxygen atoms in total. The third-order valence-electron chi connectivity index (χ3n) is 7.67. The van der Waals surface area contributed by atoms with Gasteiger partial charge in [-0.05, 0) is 46.5 Å². The molecule has 0 spiro atoms. The number of hydrogen-bond acceptors (Lipinski definition) is 8. The van der Waals surface area contributed by atoms with E-state index in [1.807, 2.05) is 13.8 Å². The highest BCUT2D eigenvalue weighted by Gasteiger charge is 2.53. The molecule has 0 aromatic rings. The molecule has 2 aliphatic heterocycles. The second kappa shape index (κ2) is 11.9. The van der Waals surface area contributed by atoms with E-state index in [0.29, 0.717) is 19.6 Å². The minimum Gasteiger partial charge on any atom is -0.462 e.